The molecule has 0 fully saturated rings. The molecule has 1 rings (SSSR count). The van der Waals surface area contributed by atoms with Gasteiger partial charge in [-0.2, -0.15) is 0 Å². The van der Waals surface area contributed by atoms with Crippen LogP contribution in [0.4, 0.5) is 0 Å². The van der Waals surface area contributed by atoms with Crippen molar-refractivity contribution in [3.8, 4) is 5.75 Å². The first kappa shape index (κ1) is 16.5. The monoisotopic (exact) mass is 282 g/mol. The maximum Gasteiger partial charge on any atom is 0.340 e. The molecule has 0 saturated carbocycles. The lowest BCUT2D eigenvalue weighted by Crippen LogP contribution is -2.24. The van der Waals surface area contributed by atoms with Gasteiger partial charge in [-0.15, -0.1) is 0 Å². The molecule has 0 saturated heterocycles. The molecule has 2 atom stereocenters. The van der Waals surface area contributed by atoms with Crippen molar-refractivity contribution in [2.45, 2.75) is 33.2 Å². The van der Waals surface area contributed by atoms with Gasteiger partial charge in [0.25, 0.3) is 0 Å². The molecular weight excluding hydrogens is 260 g/mol. The average Bonchev–Trinajstić information content (AvgIpc) is 2.45. The molecule has 0 aliphatic rings. The summed E-state index contributed by atoms with van der Waals surface area (Å²) in [6, 6.07) is 7.10. The Morgan fingerprint density at radius 3 is 2.30 bits per heavy atom. The molecule has 0 radical (unpaired) electrons. The Morgan fingerprint density at radius 1 is 1.15 bits per heavy atom. The van der Waals surface area contributed by atoms with E-state index in [-0.39, 0.29) is 0 Å². The van der Waals surface area contributed by atoms with Gasteiger partial charge < -0.3 is 18.9 Å². The number of hydrogen-bond acceptors (Lipinski definition) is 5. The third-order valence-corrected chi connectivity index (χ3v) is 2.65. The first-order valence-electron chi connectivity index (χ1n) is 6.70. The summed E-state index contributed by atoms with van der Waals surface area (Å²) in [4.78, 5) is 12.0. The Kier molecular flexibility index (Phi) is 7.04. The van der Waals surface area contributed by atoms with Gasteiger partial charge in [-0.25, -0.2) is 4.79 Å². The topological polar surface area (TPSA) is 54.0 Å². The van der Waals surface area contributed by atoms with E-state index >= 15 is 0 Å². The zero-order valence-corrected chi connectivity index (χ0v) is 12.4. The number of esters is 1. The zero-order chi connectivity index (χ0) is 15.0. The van der Waals surface area contributed by atoms with E-state index < -0.39 is 18.4 Å². The number of hydrogen-bond donors (Lipinski definition) is 0. The molecule has 5 nitrogen and oxygen atoms in total. The summed E-state index contributed by atoms with van der Waals surface area (Å²) < 4.78 is 21.1. The number of methoxy groups -OCH3 is 1. The van der Waals surface area contributed by atoms with Gasteiger partial charge in [0.1, 0.15) is 5.75 Å². The molecule has 0 amide bonds. The van der Waals surface area contributed by atoms with Crippen molar-refractivity contribution >= 4 is 5.97 Å². The summed E-state index contributed by atoms with van der Waals surface area (Å²) in [5.74, 6) is 0.290. The normalized spacial score (nSPS) is 13.6. The van der Waals surface area contributed by atoms with Crippen molar-refractivity contribution in [2.24, 2.45) is 0 Å². The molecule has 1 aromatic rings. The minimum absolute atomic E-state index is 0.303. The van der Waals surface area contributed by atoms with E-state index in [1.54, 1.807) is 45.2 Å². The van der Waals surface area contributed by atoms with E-state index in [1.165, 1.54) is 0 Å². The van der Waals surface area contributed by atoms with E-state index in [0.717, 1.165) is 0 Å². The van der Waals surface area contributed by atoms with Crippen LogP contribution >= 0.6 is 0 Å². The maximum absolute atomic E-state index is 12.0. The van der Waals surface area contributed by atoms with Gasteiger partial charge in [-0.05, 0) is 38.5 Å². The first-order chi connectivity index (χ1) is 9.62. The second-order valence-electron chi connectivity index (χ2n) is 4.06. The minimum atomic E-state index is -0.803. The predicted molar refractivity (Wildman–Crippen MR) is 74.5 cm³/mol. The van der Waals surface area contributed by atoms with Crippen LogP contribution in [0.5, 0.6) is 5.75 Å². The molecule has 1 aromatic carbocycles. The molecule has 20 heavy (non-hydrogen) atoms. The number of benzene rings is 1. The number of carbonyl (C=O) groups is 1. The van der Waals surface area contributed by atoms with Gasteiger partial charge in [-0.3, -0.25) is 0 Å². The highest BCUT2D eigenvalue weighted by molar-refractivity contribution is 5.76. The summed E-state index contributed by atoms with van der Waals surface area (Å²) in [5.41, 5.74) is 0.704. The second kappa shape index (κ2) is 8.55. The Morgan fingerprint density at radius 2 is 1.80 bits per heavy atom. The molecule has 5 heteroatoms. The summed E-state index contributed by atoms with van der Waals surface area (Å²) >= 11 is 0. The standard InChI is InChI=1S/C15H22O5/c1-5-18-11(3)20-14(15(16)19-6-2)12-7-9-13(17-4)10-8-12/h7-11,14H,5-6H2,1-4H3. The molecule has 0 spiro atoms. The molecule has 0 N–H and O–H groups in total. The fourth-order valence-electron chi connectivity index (χ4n) is 1.73. The molecule has 0 bridgehead atoms. The van der Waals surface area contributed by atoms with Crippen molar-refractivity contribution in [3.63, 3.8) is 0 Å². The van der Waals surface area contributed by atoms with Crippen LogP contribution in [-0.4, -0.2) is 32.6 Å². The number of carbonyl (C=O) groups excluding carboxylic acids is 1. The van der Waals surface area contributed by atoms with Gasteiger partial charge in [0.15, 0.2) is 12.4 Å². The highest BCUT2D eigenvalue weighted by Gasteiger charge is 2.25. The van der Waals surface area contributed by atoms with E-state index in [0.29, 0.717) is 24.5 Å². The van der Waals surface area contributed by atoms with Gasteiger partial charge in [0.2, 0.25) is 0 Å². The third kappa shape index (κ3) is 4.83. The lowest BCUT2D eigenvalue weighted by Gasteiger charge is -2.21. The van der Waals surface area contributed by atoms with Gasteiger partial charge in [-0.1, -0.05) is 12.1 Å². The van der Waals surface area contributed by atoms with Crippen LogP contribution in [0.25, 0.3) is 0 Å². The van der Waals surface area contributed by atoms with Crippen molar-refractivity contribution in [1.82, 2.24) is 0 Å². The SMILES string of the molecule is CCOC(=O)C(OC(C)OCC)c1ccc(OC)cc1. The van der Waals surface area contributed by atoms with Gasteiger partial charge in [0.05, 0.1) is 13.7 Å². The average molecular weight is 282 g/mol. The Balaban J connectivity index is 2.87. The summed E-state index contributed by atoms with van der Waals surface area (Å²) in [6.45, 7) is 6.19. The second-order valence-corrected chi connectivity index (χ2v) is 4.06. The summed E-state index contributed by atoms with van der Waals surface area (Å²) in [5, 5.41) is 0. The fraction of sp³-hybridized carbons (Fsp3) is 0.533. The summed E-state index contributed by atoms with van der Waals surface area (Å²) in [7, 11) is 1.59. The number of rotatable bonds is 8. The maximum atomic E-state index is 12.0. The first-order valence-corrected chi connectivity index (χ1v) is 6.70. The number of ether oxygens (including phenoxy) is 4. The quantitative estimate of drug-likeness (QED) is 0.542. The van der Waals surface area contributed by atoms with Crippen molar-refractivity contribution in [3.05, 3.63) is 29.8 Å². The molecule has 0 aliphatic carbocycles. The molecule has 0 heterocycles. The molecule has 2 unspecified atom stereocenters. The lowest BCUT2D eigenvalue weighted by molar-refractivity contribution is -0.188. The predicted octanol–water partition coefficient (Wildman–Crippen LogP) is 2.70. The van der Waals surface area contributed by atoms with E-state index in [4.69, 9.17) is 18.9 Å². The smallest absolute Gasteiger partial charge is 0.340 e. The van der Waals surface area contributed by atoms with Crippen molar-refractivity contribution < 1.29 is 23.7 Å². The molecule has 112 valence electrons. The van der Waals surface area contributed by atoms with Crippen LogP contribution in [0.15, 0.2) is 24.3 Å². The van der Waals surface area contributed by atoms with E-state index in [1.807, 2.05) is 6.92 Å². The largest absolute Gasteiger partial charge is 0.497 e. The lowest BCUT2D eigenvalue weighted by atomic mass is 10.1. The van der Waals surface area contributed by atoms with Crippen LogP contribution in [0, 0.1) is 0 Å². The highest BCUT2D eigenvalue weighted by Crippen LogP contribution is 2.23. The summed E-state index contributed by atoms with van der Waals surface area (Å²) in [6.07, 6.45) is -1.29. The molecule has 0 aromatic heterocycles. The van der Waals surface area contributed by atoms with Crippen LogP contribution in [-0.2, 0) is 19.0 Å². The Hall–Kier alpha value is -1.59. The molecular formula is C15H22O5. The van der Waals surface area contributed by atoms with Crippen LogP contribution in [0.1, 0.15) is 32.4 Å². The van der Waals surface area contributed by atoms with Gasteiger partial charge >= 0.3 is 5.97 Å². The van der Waals surface area contributed by atoms with Crippen LogP contribution < -0.4 is 4.74 Å². The molecule has 0 aliphatic heterocycles. The van der Waals surface area contributed by atoms with Crippen LogP contribution in [0.2, 0.25) is 0 Å². The van der Waals surface area contributed by atoms with E-state index in [2.05, 4.69) is 0 Å². The van der Waals surface area contributed by atoms with Crippen molar-refractivity contribution in [1.29, 1.82) is 0 Å². The Bertz CT molecular complexity index is 401. The van der Waals surface area contributed by atoms with E-state index in [9.17, 15) is 4.79 Å². The van der Waals surface area contributed by atoms with Gasteiger partial charge in [0, 0.05) is 6.61 Å². The highest BCUT2D eigenvalue weighted by atomic mass is 16.7. The fourth-order valence-corrected chi connectivity index (χ4v) is 1.73. The van der Waals surface area contributed by atoms with Crippen molar-refractivity contribution in [2.75, 3.05) is 20.3 Å². The Labute approximate surface area is 119 Å². The third-order valence-electron chi connectivity index (χ3n) is 2.65. The minimum Gasteiger partial charge on any atom is -0.497 e. The van der Waals surface area contributed by atoms with Crippen LogP contribution in [0.3, 0.4) is 0 Å². The zero-order valence-electron chi connectivity index (χ0n) is 12.4.